The number of unbranched alkanes of at least 4 members (excludes halogenated alkanes) is 10. The van der Waals surface area contributed by atoms with E-state index in [2.05, 4.69) is 132 Å². The molecule has 0 saturated heterocycles. The molecule has 0 aromatic heterocycles. The van der Waals surface area contributed by atoms with Crippen LogP contribution in [0, 0.1) is 13.8 Å². The summed E-state index contributed by atoms with van der Waals surface area (Å²) < 4.78 is 92.4. The van der Waals surface area contributed by atoms with Crippen LogP contribution in [0.3, 0.4) is 0 Å². The smallest absolute Gasteiger partial charge is 0.289 e. The molecule has 92 heavy (non-hydrogen) atoms. The summed E-state index contributed by atoms with van der Waals surface area (Å²) in [5, 5.41) is 6.05. The molecule has 3 N–H and O–H groups in total. The highest BCUT2D eigenvalue weighted by Gasteiger charge is 2.31. The third kappa shape index (κ3) is 18.4. The van der Waals surface area contributed by atoms with Crippen LogP contribution in [0.1, 0.15) is 163 Å². The zero-order chi connectivity index (χ0) is 66.0. The zero-order valence-corrected chi connectivity index (χ0v) is 55.2. The number of carbonyl (C=O) groups is 2. The van der Waals surface area contributed by atoms with Gasteiger partial charge in [0.15, 0.2) is 11.6 Å². The van der Waals surface area contributed by atoms with Crippen LogP contribution in [-0.4, -0.2) is 50.5 Å². The molecule has 0 unspecified atom stereocenters. The van der Waals surface area contributed by atoms with Crippen LogP contribution in [0.15, 0.2) is 239 Å². The Morgan fingerprint density at radius 3 is 1.10 bits per heavy atom. The Balaban J connectivity index is 0.000000144. The standard InChI is InChI=1S/C16H10O3S.C15H16.C14H8O5S.C14H12.C13H28.C6H6O3S/c17-20(18,19)14-8-12-6-4-10-2-1-3-11-5-7-13(9-14)16(12)15(10)11;1-12-3-7-14(8-4-12)11-15-9-5-13(2)6-10-15;15-13-9-3-1-2-4-10(9)14(16)12-7-8(20(17,18)19)5-6-11(12)13;1-10-11-6-2-4-8-13(11)14-9-5-3-7-12(10)14;1-3-5-7-9-11-13-12-10-8-6-4-2;7-10(8,9)6-4-2-1-3-5-6/h1-9H,(H,17,18,19);3-10H,11H2,1-2H3;1-7H,(H,17,18,19);2-10H,1H3;3-13H2,1-2H3;1-5H,(H,7,8,9). The minimum atomic E-state index is -4.42. The molecule has 0 heterocycles. The number of hydrogen-bond acceptors (Lipinski definition) is 8. The predicted octanol–water partition coefficient (Wildman–Crippen LogP) is 19.5. The van der Waals surface area contributed by atoms with Crippen molar-refractivity contribution in [3.8, 4) is 11.1 Å². The summed E-state index contributed by atoms with van der Waals surface area (Å²) in [6, 6.07) is 68.9. The van der Waals surface area contributed by atoms with E-state index in [-0.39, 0.29) is 32.3 Å². The van der Waals surface area contributed by atoms with Crippen molar-refractivity contribution < 1.29 is 48.5 Å². The summed E-state index contributed by atoms with van der Waals surface area (Å²) in [4.78, 5) is 24.0. The van der Waals surface area contributed by atoms with E-state index in [4.69, 9.17) is 9.11 Å². The Morgan fingerprint density at radius 2 is 0.685 bits per heavy atom. The molecular weight excluding hydrogens is 1210 g/mol. The summed E-state index contributed by atoms with van der Waals surface area (Å²) in [6.07, 6.45) is 17.0. The number of aryl methyl sites for hydroxylation is 2. The number of carbonyl (C=O) groups excluding carboxylic acids is 2. The summed E-state index contributed by atoms with van der Waals surface area (Å²) in [7, 11) is -12.6. The summed E-state index contributed by atoms with van der Waals surface area (Å²) in [6.45, 7) is 11.1. The topological polar surface area (TPSA) is 197 Å². The van der Waals surface area contributed by atoms with E-state index in [0.29, 0.717) is 11.5 Å². The van der Waals surface area contributed by atoms with Crippen molar-refractivity contribution in [3.63, 3.8) is 0 Å². The lowest BCUT2D eigenvalue weighted by atomic mass is 9.84. The van der Waals surface area contributed by atoms with Gasteiger partial charge in [0.2, 0.25) is 0 Å². The number of benzene rings is 11. The Hall–Kier alpha value is -8.47. The van der Waals surface area contributed by atoms with Crippen LogP contribution in [0.25, 0.3) is 43.4 Å². The molecule has 2 aliphatic carbocycles. The number of fused-ring (bicyclic) bond motifs is 5. The monoisotopic (exact) mass is 1290 g/mol. The van der Waals surface area contributed by atoms with Gasteiger partial charge in [-0.1, -0.05) is 285 Å². The van der Waals surface area contributed by atoms with Crippen LogP contribution < -0.4 is 0 Å². The van der Waals surface area contributed by atoms with Gasteiger partial charge in [-0.3, -0.25) is 23.2 Å². The van der Waals surface area contributed by atoms with E-state index in [1.165, 1.54) is 152 Å². The molecule has 0 bridgehead atoms. The van der Waals surface area contributed by atoms with Gasteiger partial charge in [-0.25, -0.2) is 0 Å². The molecule has 0 saturated carbocycles. The van der Waals surface area contributed by atoms with E-state index in [1.54, 1.807) is 36.4 Å². The molecule has 0 atom stereocenters. The first-order valence-electron chi connectivity index (χ1n) is 31.3. The lowest BCUT2D eigenvalue weighted by Crippen LogP contribution is -2.21. The van der Waals surface area contributed by atoms with Gasteiger partial charge in [-0.15, -0.1) is 0 Å². The Bertz CT molecular complexity index is 4480. The first kappa shape index (κ1) is 69.4. The van der Waals surface area contributed by atoms with E-state index in [9.17, 15) is 39.4 Å². The molecule has 476 valence electrons. The van der Waals surface area contributed by atoms with Crippen molar-refractivity contribution in [2.75, 3.05) is 0 Å². The second-order valence-electron chi connectivity index (χ2n) is 23.3. The maximum absolute atomic E-state index is 12.3. The second kappa shape index (κ2) is 32.2. The maximum Gasteiger partial charge on any atom is 0.294 e. The zero-order valence-electron chi connectivity index (χ0n) is 52.8. The second-order valence-corrected chi connectivity index (χ2v) is 27.6. The lowest BCUT2D eigenvalue weighted by Gasteiger charge is -2.17. The fourth-order valence-corrected chi connectivity index (χ4v) is 13.1. The quantitative estimate of drug-likeness (QED) is 0.0502. The molecule has 0 aliphatic heterocycles. The third-order valence-corrected chi connectivity index (χ3v) is 19.0. The van der Waals surface area contributed by atoms with Gasteiger partial charge >= 0.3 is 0 Å². The van der Waals surface area contributed by atoms with Crippen molar-refractivity contribution in [1.29, 1.82) is 0 Å². The number of rotatable bonds is 15. The molecule has 14 heteroatoms. The molecule has 11 aromatic rings. The lowest BCUT2D eigenvalue weighted by molar-refractivity contribution is 0.0979. The molecule has 11 aromatic carbocycles. The average Bonchev–Trinajstić information content (AvgIpc) is 0.997. The number of ketones is 2. The summed E-state index contributed by atoms with van der Waals surface area (Å²) in [5.41, 5.74) is 11.8. The van der Waals surface area contributed by atoms with E-state index in [1.807, 2.05) is 42.5 Å². The fourth-order valence-electron chi connectivity index (χ4n) is 11.5. The molecule has 0 fully saturated rings. The molecule has 0 spiro atoms. The first-order valence-corrected chi connectivity index (χ1v) is 35.7. The van der Waals surface area contributed by atoms with Crippen LogP contribution in [0.5, 0.6) is 0 Å². The van der Waals surface area contributed by atoms with Crippen LogP contribution in [0.4, 0.5) is 0 Å². The largest absolute Gasteiger partial charge is 0.294 e. The summed E-state index contributed by atoms with van der Waals surface area (Å²) >= 11 is 0. The van der Waals surface area contributed by atoms with Gasteiger partial charge in [0.25, 0.3) is 30.4 Å². The molecular formula is C78H80O11S3. The van der Waals surface area contributed by atoms with Gasteiger partial charge < -0.3 is 0 Å². The number of hydrogen-bond donors (Lipinski definition) is 3. The van der Waals surface area contributed by atoms with Gasteiger partial charge in [0.1, 0.15) is 0 Å². The molecule has 0 radical (unpaired) electrons. The van der Waals surface area contributed by atoms with Crippen molar-refractivity contribution in [2.45, 2.75) is 132 Å². The predicted molar refractivity (Wildman–Crippen MR) is 372 cm³/mol. The van der Waals surface area contributed by atoms with Crippen LogP contribution in [0.2, 0.25) is 0 Å². The highest BCUT2D eigenvalue weighted by atomic mass is 32.2. The van der Waals surface area contributed by atoms with Crippen molar-refractivity contribution in [2.24, 2.45) is 0 Å². The Morgan fingerprint density at radius 1 is 0.326 bits per heavy atom. The molecule has 11 nitrogen and oxygen atoms in total. The van der Waals surface area contributed by atoms with Gasteiger partial charge in [-0.2, -0.15) is 25.3 Å². The normalized spacial score (nSPS) is 12.3. The van der Waals surface area contributed by atoms with Crippen LogP contribution >= 0.6 is 0 Å². The Labute approximate surface area is 542 Å². The van der Waals surface area contributed by atoms with Crippen molar-refractivity contribution >= 4 is 74.2 Å². The van der Waals surface area contributed by atoms with E-state index < -0.39 is 41.0 Å². The maximum atomic E-state index is 12.3. The molecule has 0 amide bonds. The van der Waals surface area contributed by atoms with E-state index in [0.717, 1.165) is 50.9 Å². The third-order valence-electron chi connectivity index (χ3n) is 16.5. The van der Waals surface area contributed by atoms with Gasteiger partial charge in [0, 0.05) is 28.2 Å². The first-order chi connectivity index (χ1) is 44.1. The van der Waals surface area contributed by atoms with Crippen molar-refractivity contribution in [3.05, 3.63) is 280 Å². The molecule has 13 rings (SSSR count). The highest BCUT2D eigenvalue weighted by molar-refractivity contribution is 7.86. The van der Waals surface area contributed by atoms with Crippen molar-refractivity contribution in [1.82, 2.24) is 0 Å². The van der Waals surface area contributed by atoms with Gasteiger partial charge in [-0.05, 0) is 128 Å². The fraction of sp³-hybridized carbons (Fsp3) is 0.231. The van der Waals surface area contributed by atoms with E-state index >= 15 is 0 Å². The minimum Gasteiger partial charge on any atom is -0.289 e. The highest BCUT2D eigenvalue weighted by Crippen LogP contribution is 2.44. The Kier molecular flexibility index (Phi) is 24.3. The average molecular weight is 1290 g/mol. The van der Waals surface area contributed by atoms with Crippen LogP contribution in [-0.2, 0) is 36.8 Å². The van der Waals surface area contributed by atoms with Gasteiger partial charge in [0.05, 0.1) is 14.7 Å². The SMILES string of the molecule is CC1c2ccccc2-c2ccccc21.CCCCCCCCCCCCC.Cc1ccc(Cc2ccc(C)cc2)cc1.O=C1c2ccccc2C(=O)c2cc(S(=O)(=O)O)ccc21.O=S(=O)(O)c1cc2ccc3cccc4ccc(c1)c2c34.O=S(=O)(O)c1ccccc1. The summed E-state index contributed by atoms with van der Waals surface area (Å²) in [5.74, 6) is -0.208. The minimum absolute atomic E-state index is 0.0103. The molecule has 2 aliphatic rings.